The largest absolute Gasteiger partial charge is 0.497 e. The Hall–Kier alpha value is -4.09. The molecule has 0 aliphatic rings. The van der Waals surface area contributed by atoms with Crippen molar-refractivity contribution >= 4 is 11.6 Å². The van der Waals surface area contributed by atoms with Crippen LogP contribution in [0.5, 0.6) is 11.5 Å². The monoisotopic (exact) mass is 468 g/mol. The maximum atomic E-state index is 6.27. The van der Waals surface area contributed by atoms with Crippen molar-refractivity contribution in [3.8, 4) is 56.7 Å². The smallest absolute Gasteiger partial charge is 0.137 e. The van der Waals surface area contributed by atoms with Crippen molar-refractivity contribution in [1.82, 2.24) is 10.2 Å². The molecule has 168 valence electrons. The number of halogens is 1. The number of ether oxygens (including phenoxy) is 2. The molecule has 5 rings (SSSR count). The van der Waals surface area contributed by atoms with E-state index in [9.17, 15) is 0 Å². The topological polar surface area (TPSA) is 57.4 Å². The molecule has 6 heteroatoms. The fourth-order valence-electron chi connectivity index (χ4n) is 3.70. The molecule has 0 bridgehead atoms. The molecule has 5 nitrogen and oxygen atoms in total. The van der Waals surface area contributed by atoms with Crippen LogP contribution in [-0.2, 0) is 0 Å². The molecule has 0 aliphatic carbocycles. The standard InChI is InChI=1S/C28H21ClN2O3/c1-32-22-11-5-18(6-12-22)25-17-24(28(31-30-25)20-7-13-23(33-2)14-8-20)27-16-15-26(34-27)19-3-9-21(29)10-4-19/h3-17H,1-2H3. The van der Waals surface area contributed by atoms with Crippen LogP contribution in [-0.4, -0.2) is 24.4 Å². The highest BCUT2D eigenvalue weighted by Crippen LogP contribution is 2.36. The number of hydrogen-bond acceptors (Lipinski definition) is 5. The molecule has 0 spiro atoms. The van der Waals surface area contributed by atoms with Crippen LogP contribution in [0.15, 0.2) is 95.4 Å². The average Bonchev–Trinajstić information content (AvgIpc) is 3.39. The van der Waals surface area contributed by atoms with E-state index < -0.39 is 0 Å². The Morgan fingerprint density at radius 2 is 1.18 bits per heavy atom. The zero-order chi connectivity index (χ0) is 23.5. The van der Waals surface area contributed by atoms with E-state index in [-0.39, 0.29) is 0 Å². The lowest BCUT2D eigenvalue weighted by Gasteiger charge is -2.10. The summed E-state index contributed by atoms with van der Waals surface area (Å²) in [5, 5.41) is 9.78. The van der Waals surface area contributed by atoms with Gasteiger partial charge in [0.1, 0.15) is 28.7 Å². The number of rotatable bonds is 6. The number of methoxy groups -OCH3 is 2. The van der Waals surface area contributed by atoms with Crippen LogP contribution in [0.3, 0.4) is 0 Å². The van der Waals surface area contributed by atoms with Gasteiger partial charge in [0.2, 0.25) is 0 Å². The van der Waals surface area contributed by atoms with Gasteiger partial charge >= 0.3 is 0 Å². The number of nitrogens with zero attached hydrogens (tertiary/aromatic N) is 2. The van der Waals surface area contributed by atoms with E-state index in [1.807, 2.05) is 91.0 Å². The van der Waals surface area contributed by atoms with Crippen molar-refractivity contribution in [2.75, 3.05) is 14.2 Å². The first-order valence-corrected chi connectivity index (χ1v) is 11.0. The van der Waals surface area contributed by atoms with Crippen molar-refractivity contribution in [3.05, 3.63) is 96.0 Å². The van der Waals surface area contributed by atoms with Crippen molar-refractivity contribution in [1.29, 1.82) is 0 Å². The summed E-state index contributed by atoms with van der Waals surface area (Å²) < 4.78 is 16.9. The molecule has 0 fully saturated rings. The molecule has 0 N–H and O–H groups in total. The second-order valence-corrected chi connectivity index (χ2v) is 8.06. The molecule has 34 heavy (non-hydrogen) atoms. The molecule has 0 amide bonds. The van der Waals surface area contributed by atoms with E-state index in [0.29, 0.717) is 10.8 Å². The van der Waals surface area contributed by atoms with Gasteiger partial charge in [-0.05, 0) is 91.0 Å². The van der Waals surface area contributed by atoms with Crippen molar-refractivity contribution in [2.45, 2.75) is 0 Å². The Morgan fingerprint density at radius 3 is 1.79 bits per heavy atom. The minimum absolute atomic E-state index is 0.680. The molecule has 0 saturated carbocycles. The van der Waals surface area contributed by atoms with Crippen molar-refractivity contribution < 1.29 is 13.9 Å². The Labute approximate surface area is 202 Å². The van der Waals surface area contributed by atoms with Crippen LogP contribution >= 0.6 is 11.6 Å². The number of furan rings is 1. The lowest BCUT2D eigenvalue weighted by atomic mass is 10.0. The first kappa shape index (κ1) is 21.7. The Morgan fingerprint density at radius 1 is 0.618 bits per heavy atom. The second kappa shape index (κ2) is 9.41. The summed E-state index contributed by atoms with van der Waals surface area (Å²) in [5.41, 5.74) is 5.08. The molecular weight excluding hydrogens is 448 g/mol. The minimum atomic E-state index is 0.680. The molecule has 0 saturated heterocycles. The molecule has 3 aromatic carbocycles. The third-order valence-electron chi connectivity index (χ3n) is 5.54. The Kier molecular flexibility index (Phi) is 6.02. The van der Waals surface area contributed by atoms with Crippen molar-refractivity contribution in [2.24, 2.45) is 0 Å². The molecule has 2 aromatic heterocycles. The van der Waals surface area contributed by atoms with Crippen LogP contribution in [0.25, 0.3) is 45.2 Å². The summed E-state index contributed by atoms with van der Waals surface area (Å²) in [6, 6.07) is 28.9. The lowest BCUT2D eigenvalue weighted by Crippen LogP contribution is -1.95. The highest BCUT2D eigenvalue weighted by atomic mass is 35.5. The molecule has 0 unspecified atom stereocenters. The Balaban J connectivity index is 1.61. The normalized spacial score (nSPS) is 10.8. The van der Waals surface area contributed by atoms with E-state index >= 15 is 0 Å². The molecular formula is C28H21ClN2O3. The van der Waals surface area contributed by atoms with E-state index in [1.54, 1.807) is 14.2 Å². The lowest BCUT2D eigenvalue weighted by molar-refractivity contribution is 0.414. The predicted octanol–water partition coefficient (Wildman–Crippen LogP) is 7.41. The fraction of sp³-hybridized carbons (Fsp3) is 0.0714. The summed E-state index contributed by atoms with van der Waals surface area (Å²) in [4.78, 5) is 0. The minimum Gasteiger partial charge on any atom is -0.497 e. The fourth-order valence-corrected chi connectivity index (χ4v) is 3.82. The average molecular weight is 469 g/mol. The molecule has 0 atom stereocenters. The van der Waals surface area contributed by atoms with Gasteiger partial charge in [-0.15, -0.1) is 10.2 Å². The van der Waals surface area contributed by atoms with E-state index in [1.165, 1.54) is 0 Å². The zero-order valence-electron chi connectivity index (χ0n) is 18.7. The van der Waals surface area contributed by atoms with Gasteiger partial charge in [-0.2, -0.15) is 0 Å². The molecule has 0 radical (unpaired) electrons. The third-order valence-corrected chi connectivity index (χ3v) is 5.80. The number of benzene rings is 3. The highest BCUT2D eigenvalue weighted by molar-refractivity contribution is 6.30. The molecule has 2 heterocycles. The van der Waals surface area contributed by atoms with Crippen LogP contribution in [0.1, 0.15) is 0 Å². The summed E-state index contributed by atoms with van der Waals surface area (Å²) >= 11 is 6.04. The van der Waals surface area contributed by atoms with Gasteiger partial charge in [0.05, 0.1) is 19.9 Å². The maximum absolute atomic E-state index is 6.27. The van der Waals surface area contributed by atoms with Gasteiger partial charge in [-0.25, -0.2) is 0 Å². The van der Waals surface area contributed by atoms with E-state index in [4.69, 9.17) is 25.5 Å². The second-order valence-electron chi connectivity index (χ2n) is 7.62. The quantitative estimate of drug-likeness (QED) is 0.259. The number of aromatic nitrogens is 2. The predicted molar refractivity (Wildman–Crippen MR) is 134 cm³/mol. The zero-order valence-corrected chi connectivity index (χ0v) is 19.4. The Bertz CT molecular complexity index is 1410. The van der Waals surface area contributed by atoms with Gasteiger partial charge in [0.25, 0.3) is 0 Å². The van der Waals surface area contributed by atoms with Crippen LogP contribution in [0.2, 0.25) is 5.02 Å². The first-order valence-electron chi connectivity index (χ1n) is 10.7. The molecule has 5 aromatic rings. The summed E-state index contributed by atoms with van der Waals surface area (Å²) in [7, 11) is 3.29. The van der Waals surface area contributed by atoms with Crippen molar-refractivity contribution in [3.63, 3.8) is 0 Å². The van der Waals surface area contributed by atoms with Gasteiger partial charge in [0.15, 0.2) is 0 Å². The van der Waals surface area contributed by atoms with E-state index in [2.05, 4.69) is 10.2 Å². The number of hydrogen-bond donors (Lipinski definition) is 0. The van der Waals surface area contributed by atoms with Crippen LogP contribution in [0, 0.1) is 0 Å². The van der Waals surface area contributed by atoms with Crippen LogP contribution in [0.4, 0.5) is 0 Å². The van der Waals surface area contributed by atoms with Gasteiger partial charge in [-0.1, -0.05) is 11.6 Å². The maximum Gasteiger partial charge on any atom is 0.137 e. The van der Waals surface area contributed by atoms with E-state index in [0.717, 1.165) is 50.9 Å². The summed E-state index contributed by atoms with van der Waals surface area (Å²) in [6.07, 6.45) is 0. The summed E-state index contributed by atoms with van der Waals surface area (Å²) in [5.74, 6) is 3.00. The van der Waals surface area contributed by atoms with Crippen LogP contribution < -0.4 is 9.47 Å². The molecule has 0 aliphatic heterocycles. The highest BCUT2D eigenvalue weighted by Gasteiger charge is 2.17. The van der Waals surface area contributed by atoms with Gasteiger partial charge in [-0.3, -0.25) is 0 Å². The first-order chi connectivity index (χ1) is 16.6. The van der Waals surface area contributed by atoms with Gasteiger partial charge in [0, 0.05) is 27.3 Å². The SMILES string of the molecule is COc1ccc(-c2cc(-c3ccc(-c4ccc(Cl)cc4)o3)c(-c3ccc(OC)cc3)nn2)cc1. The third kappa shape index (κ3) is 4.38. The summed E-state index contributed by atoms with van der Waals surface area (Å²) in [6.45, 7) is 0. The van der Waals surface area contributed by atoms with Gasteiger partial charge < -0.3 is 13.9 Å².